The number of amides is 2. The van der Waals surface area contributed by atoms with E-state index in [1.807, 2.05) is 43.3 Å². The third-order valence-corrected chi connectivity index (χ3v) is 5.29. The number of furan rings is 1. The summed E-state index contributed by atoms with van der Waals surface area (Å²) in [6.07, 6.45) is 4.44. The number of aryl methyl sites for hydroxylation is 1. The number of hydrogen-bond acceptors (Lipinski definition) is 4. The average molecular weight is 384 g/mol. The fourth-order valence-electron chi connectivity index (χ4n) is 3.53. The summed E-state index contributed by atoms with van der Waals surface area (Å²) < 4.78 is 11.1. The Bertz CT molecular complexity index is 785. The lowest BCUT2D eigenvalue weighted by atomic mass is 9.87. The van der Waals surface area contributed by atoms with Crippen LogP contribution in [0.3, 0.4) is 0 Å². The fourth-order valence-corrected chi connectivity index (χ4v) is 3.53. The Hall–Kier alpha value is -2.76. The molecule has 1 fully saturated rings. The Morgan fingerprint density at radius 3 is 2.71 bits per heavy atom. The van der Waals surface area contributed by atoms with E-state index in [0.717, 1.165) is 17.9 Å². The van der Waals surface area contributed by atoms with E-state index < -0.39 is 5.54 Å². The molecule has 0 spiro atoms. The highest BCUT2D eigenvalue weighted by Crippen LogP contribution is 2.30. The second-order valence-corrected chi connectivity index (χ2v) is 7.56. The van der Waals surface area contributed by atoms with Crippen molar-refractivity contribution in [2.75, 3.05) is 20.2 Å². The lowest BCUT2D eigenvalue weighted by molar-refractivity contribution is -0.131. The van der Waals surface area contributed by atoms with E-state index in [1.54, 1.807) is 18.2 Å². The van der Waals surface area contributed by atoms with Crippen LogP contribution >= 0.6 is 0 Å². The number of rotatable bonds is 9. The molecule has 150 valence electrons. The molecule has 1 aliphatic heterocycles. The van der Waals surface area contributed by atoms with Gasteiger partial charge in [0.05, 0.1) is 12.8 Å². The summed E-state index contributed by atoms with van der Waals surface area (Å²) in [5, 5.41) is 3.07. The molecule has 1 aromatic carbocycles. The maximum atomic E-state index is 12.5. The van der Waals surface area contributed by atoms with Crippen molar-refractivity contribution in [2.45, 2.75) is 44.6 Å². The monoisotopic (exact) mass is 384 g/mol. The molecule has 2 amide bonds. The minimum atomic E-state index is -0.399. The van der Waals surface area contributed by atoms with Crippen molar-refractivity contribution in [3.63, 3.8) is 0 Å². The molecule has 6 heteroatoms. The molecular weight excluding hydrogens is 356 g/mol. The number of benzene rings is 1. The lowest BCUT2D eigenvalue weighted by Gasteiger charge is -2.29. The van der Waals surface area contributed by atoms with Gasteiger partial charge in [0.1, 0.15) is 18.1 Å². The number of ether oxygens (including phenoxy) is 1. The highest BCUT2D eigenvalue weighted by atomic mass is 16.5. The Kier molecular flexibility index (Phi) is 6.39. The first-order valence-electron chi connectivity index (χ1n) is 9.73. The topological polar surface area (TPSA) is 71.8 Å². The molecule has 6 nitrogen and oxygen atoms in total. The summed E-state index contributed by atoms with van der Waals surface area (Å²) in [6, 6.07) is 11.6. The third kappa shape index (κ3) is 5.38. The highest BCUT2D eigenvalue weighted by molar-refractivity contribution is 5.80. The van der Waals surface area contributed by atoms with Crippen LogP contribution in [0.2, 0.25) is 0 Å². The van der Waals surface area contributed by atoms with Crippen LogP contribution in [0.4, 0.5) is 0 Å². The van der Waals surface area contributed by atoms with Crippen molar-refractivity contribution in [1.82, 2.24) is 10.2 Å². The van der Waals surface area contributed by atoms with Crippen molar-refractivity contribution in [3.05, 3.63) is 54.0 Å². The van der Waals surface area contributed by atoms with Crippen molar-refractivity contribution >= 4 is 11.8 Å². The lowest BCUT2D eigenvalue weighted by Crippen LogP contribution is -2.44. The van der Waals surface area contributed by atoms with Gasteiger partial charge in [-0.05, 0) is 44.0 Å². The molecule has 0 aliphatic carbocycles. The minimum absolute atomic E-state index is 0.0406. The van der Waals surface area contributed by atoms with Gasteiger partial charge in [0, 0.05) is 31.8 Å². The number of likely N-dealkylation sites (N-methyl/N-ethyl adjacent to an activating group) is 1. The molecule has 2 heterocycles. The zero-order valence-electron chi connectivity index (χ0n) is 16.6. The maximum Gasteiger partial charge on any atom is 0.222 e. The van der Waals surface area contributed by atoms with Crippen LogP contribution in [-0.4, -0.2) is 42.5 Å². The quantitative estimate of drug-likeness (QED) is 0.721. The van der Waals surface area contributed by atoms with Gasteiger partial charge >= 0.3 is 0 Å². The predicted molar refractivity (Wildman–Crippen MR) is 106 cm³/mol. The third-order valence-electron chi connectivity index (χ3n) is 5.29. The van der Waals surface area contributed by atoms with E-state index in [4.69, 9.17) is 9.15 Å². The molecule has 2 aromatic rings. The van der Waals surface area contributed by atoms with E-state index in [-0.39, 0.29) is 11.8 Å². The van der Waals surface area contributed by atoms with Crippen LogP contribution in [0.1, 0.15) is 37.0 Å². The van der Waals surface area contributed by atoms with Crippen LogP contribution in [0.5, 0.6) is 5.75 Å². The Morgan fingerprint density at radius 1 is 1.29 bits per heavy atom. The van der Waals surface area contributed by atoms with Gasteiger partial charge in [-0.1, -0.05) is 17.7 Å². The summed E-state index contributed by atoms with van der Waals surface area (Å²) in [5.41, 5.74) is 0.784. The number of carbonyl (C=O) groups is 2. The number of carbonyl (C=O) groups excluding carboxylic acids is 2. The normalized spacial score (nSPS) is 18.7. The largest absolute Gasteiger partial charge is 0.492 e. The molecule has 1 saturated heterocycles. The van der Waals surface area contributed by atoms with Crippen LogP contribution in [0.15, 0.2) is 47.1 Å². The molecule has 1 N–H and O–H groups in total. The van der Waals surface area contributed by atoms with Crippen LogP contribution < -0.4 is 10.1 Å². The van der Waals surface area contributed by atoms with Crippen LogP contribution in [0, 0.1) is 6.92 Å². The van der Waals surface area contributed by atoms with Gasteiger partial charge in [0.25, 0.3) is 0 Å². The van der Waals surface area contributed by atoms with Crippen molar-refractivity contribution in [2.24, 2.45) is 0 Å². The van der Waals surface area contributed by atoms with E-state index in [0.29, 0.717) is 38.8 Å². The molecule has 0 radical (unpaired) electrons. The molecule has 1 unspecified atom stereocenters. The van der Waals surface area contributed by atoms with Crippen LogP contribution in [0.25, 0.3) is 0 Å². The zero-order chi connectivity index (χ0) is 20.0. The van der Waals surface area contributed by atoms with E-state index in [9.17, 15) is 9.59 Å². The molecule has 0 bridgehead atoms. The highest BCUT2D eigenvalue weighted by Gasteiger charge is 2.38. The Balaban J connectivity index is 1.47. The van der Waals surface area contributed by atoms with Gasteiger partial charge in [0.15, 0.2) is 0 Å². The molecule has 1 aliphatic rings. The summed E-state index contributed by atoms with van der Waals surface area (Å²) >= 11 is 0. The van der Waals surface area contributed by atoms with Gasteiger partial charge in [-0.3, -0.25) is 9.59 Å². The molecule has 28 heavy (non-hydrogen) atoms. The van der Waals surface area contributed by atoms with Gasteiger partial charge in [0.2, 0.25) is 11.8 Å². The summed E-state index contributed by atoms with van der Waals surface area (Å²) in [6.45, 7) is 2.99. The Morgan fingerprint density at radius 2 is 2.07 bits per heavy atom. The summed E-state index contributed by atoms with van der Waals surface area (Å²) in [5.74, 6) is 1.72. The predicted octanol–water partition coefficient (Wildman–Crippen LogP) is 3.10. The minimum Gasteiger partial charge on any atom is -0.492 e. The molecule has 3 rings (SSSR count). The standard InChI is InChI=1S/C22H28N2O4/c1-17-5-7-18(8-6-17)28-15-13-24(2)21(26)10-12-22(11-9-20(25)23-22)16-19-4-3-14-27-19/h3-8,14H,9-13,15-16H2,1-2H3,(H,23,25). The Labute approximate surface area is 165 Å². The van der Waals surface area contributed by atoms with Gasteiger partial charge in [-0.25, -0.2) is 0 Å². The van der Waals surface area contributed by atoms with E-state index in [1.165, 1.54) is 5.56 Å². The van der Waals surface area contributed by atoms with Gasteiger partial charge in [-0.15, -0.1) is 0 Å². The number of hydrogen-bond donors (Lipinski definition) is 1. The number of nitrogens with zero attached hydrogens (tertiary/aromatic N) is 1. The smallest absolute Gasteiger partial charge is 0.222 e. The summed E-state index contributed by atoms with van der Waals surface area (Å²) in [7, 11) is 1.78. The van der Waals surface area contributed by atoms with Gasteiger partial charge < -0.3 is 19.4 Å². The average Bonchev–Trinajstić information content (AvgIpc) is 3.31. The fraction of sp³-hybridized carbons (Fsp3) is 0.455. The molecular formula is C22H28N2O4. The molecule has 1 atom stereocenters. The van der Waals surface area contributed by atoms with E-state index in [2.05, 4.69) is 5.32 Å². The first-order chi connectivity index (χ1) is 13.5. The molecule has 0 saturated carbocycles. The first-order valence-corrected chi connectivity index (χ1v) is 9.73. The van der Waals surface area contributed by atoms with Crippen molar-refractivity contribution in [1.29, 1.82) is 0 Å². The number of nitrogens with one attached hydrogen (secondary N) is 1. The second kappa shape index (κ2) is 8.95. The molecule has 1 aromatic heterocycles. The van der Waals surface area contributed by atoms with Crippen molar-refractivity contribution < 1.29 is 18.7 Å². The second-order valence-electron chi connectivity index (χ2n) is 7.56. The summed E-state index contributed by atoms with van der Waals surface area (Å²) in [4.78, 5) is 26.0. The van der Waals surface area contributed by atoms with Crippen LogP contribution in [-0.2, 0) is 16.0 Å². The van der Waals surface area contributed by atoms with E-state index >= 15 is 0 Å². The van der Waals surface area contributed by atoms with Gasteiger partial charge in [-0.2, -0.15) is 0 Å². The SMILES string of the molecule is Cc1ccc(OCCN(C)C(=O)CCC2(Cc3ccco3)CCC(=O)N2)cc1. The zero-order valence-corrected chi connectivity index (χ0v) is 16.6. The maximum absolute atomic E-state index is 12.5. The van der Waals surface area contributed by atoms with Crippen molar-refractivity contribution in [3.8, 4) is 5.75 Å². The first kappa shape index (κ1) is 20.0.